The van der Waals surface area contributed by atoms with E-state index in [1.807, 2.05) is 13.1 Å². The molecule has 0 radical (unpaired) electrons. The number of carbonyl (C=O) groups excluding carboxylic acids is 1. The van der Waals surface area contributed by atoms with Gasteiger partial charge in [-0.15, -0.1) is 0 Å². The molecule has 5 nitrogen and oxygen atoms in total. The maximum absolute atomic E-state index is 11.6. The zero-order valence-electron chi connectivity index (χ0n) is 12.7. The highest BCUT2D eigenvalue weighted by Crippen LogP contribution is 2.60. The lowest BCUT2D eigenvalue weighted by atomic mass is 9.54. The van der Waals surface area contributed by atoms with E-state index in [0.717, 1.165) is 36.8 Å². The van der Waals surface area contributed by atoms with Crippen LogP contribution in [-0.2, 0) is 16.6 Å². The summed E-state index contributed by atoms with van der Waals surface area (Å²) in [6.07, 6.45) is 3.15. The highest BCUT2D eigenvalue weighted by molar-refractivity contribution is 5.61. The SMILES string of the molecule is CN1CC[C@@]23COc4c(O)ccc(c42)CC1C3(O)CCC=O. The lowest BCUT2D eigenvalue weighted by Gasteiger charge is -2.58. The summed E-state index contributed by atoms with van der Waals surface area (Å²) in [5.74, 6) is 0.677. The van der Waals surface area contributed by atoms with Crippen LogP contribution < -0.4 is 4.74 Å². The average molecular weight is 303 g/mol. The number of likely N-dealkylation sites (N-methyl/N-ethyl adjacent to an activating group) is 1. The van der Waals surface area contributed by atoms with Crippen LogP contribution in [0.3, 0.4) is 0 Å². The Morgan fingerprint density at radius 2 is 2.32 bits per heavy atom. The van der Waals surface area contributed by atoms with E-state index in [2.05, 4.69) is 4.90 Å². The number of rotatable bonds is 3. The number of piperidine rings is 1. The normalized spacial score (nSPS) is 35.8. The molecule has 2 bridgehead atoms. The number of hydrogen-bond acceptors (Lipinski definition) is 5. The number of carbonyl (C=O) groups is 1. The number of aliphatic hydroxyl groups is 1. The van der Waals surface area contributed by atoms with Crippen LogP contribution in [0.1, 0.15) is 30.4 Å². The van der Waals surface area contributed by atoms with E-state index in [4.69, 9.17) is 4.74 Å². The first-order valence-electron chi connectivity index (χ1n) is 7.88. The molecule has 2 unspecified atom stereocenters. The van der Waals surface area contributed by atoms with E-state index >= 15 is 0 Å². The molecule has 4 rings (SSSR count). The minimum absolute atomic E-state index is 0.0206. The summed E-state index contributed by atoms with van der Waals surface area (Å²) in [6.45, 7) is 1.26. The van der Waals surface area contributed by atoms with Crippen molar-refractivity contribution in [3.05, 3.63) is 23.3 Å². The number of likely N-dealkylation sites (tertiary alicyclic amines) is 1. The predicted octanol–water partition coefficient (Wildman–Crippen LogP) is 0.993. The lowest BCUT2D eigenvalue weighted by Crippen LogP contribution is -2.71. The molecule has 5 heteroatoms. The monoisotopic (exact) mass is 303 g/mol. The van der Waals surface area contributed by atoms with Gasteiger partial charge in [-0.3, -0.25) is 0 Å². The van der Waals surface area contributed by atoms with Crippen molar-refractivity contribution in [3.63, 3.8) is 0 Å². The second kappa shape index (κ2) is 4.46. The van der Waals surface area contributed by atoms with Crippen molar-refractivity contribution in [2.75, 3.05) is 20.2 Å². The van der Waals surface area contributed by atoms with Crippen LogP contribution >= 0.6 is 0 Å². The van der Waals surface area contributed by atoms with Gasteiger partial charge in [0.15, 0.2) is 11.5 Å². The van der Waals surface area contributed by atoms with Crippen LogP contribution in [0.25, 0.3) is 0 Å². The van der Waals surface area contributed by atoms with Crippen LogP contribution in [0, 0.1) is 0 Å². The number of ether oxygens (including phenoxy) is 1. The van der Waals surface area contributed by atoms with Gasteiger partial charge in [-0.1, -0.05) is 6.07 Å². The third-order valence-electron chi connectivity index (χ3n) is 6.02. The maximum atomic E-state index is 11.6. The molecule has 2 N–H and O–H groups in total. The molecule has 3 atom stereocenters. The van der Waals surface area contributed by atoms with Gasteiger partial charge < -0.3 is 24.6 Å². The molecule has 0 aromatic heterocycles. The Bertz CT molecular complexity index is 646. The van der Waals surface area contributed by atoms with Gasteiger partial charge in [0.05, 0.1) is 11.0 Å². The number of aldehydes is 1. The summed E-state index contributed by atoms with van der Waals surface area (Å²) in [5.41, 5.74) is 0.629. The van der Waals surface area contributed by atoms with Crippen molar-refractivity contribution in [1.29, 1.82) is 0 Å². The fraction of sp³-hybridized carbons (Fsp3) is 0.588. The molecule has 3 aliphatic rings. The highest BCUT2D eigenvalue weighted by atomic mass is 16.5. The molecule has 1 aliphatic carbocycles. The quantitative estimate of drug-likeness (QED) is 0.815. The van der Waals surface area contributed by atoms with Crippen molar-refractivity contribution in [1.82, 2.24) is 4.90 Å². The molecule has 1 aromatic carbocycles. The van der Waals surface area contributed by atoms with Crippen molar-refractivity contribution < 1.29 is 19.7 Å². The third kappa shape index (κ3) is 1.48. The molecular weight excluding hydrogens is 282 g/mol. The Morgan fingerprint density at radius 3 is 3.09 bits per heavy atom. The van der Waals surface area contributed by atoms with E-state index < -0.39 is 11.0 Å². The van der Waals surface area contributed by atoms with Crippen LogP contribution in [0.15, 0.2) is 12.1 Å². The minimum Gasteiger partial charge on any atom is -0.504 e. The fourth-order valence-electron chi connectivity index (χ4n) is 4.90. The number of phenols is 1. The average Bonchev–Trinajstić information content (AvgIpc) is 2.90. The number of phenolic OH excluding ortho intramolecular Hbond substituents is 1. The van der Waals surface area contributed by atoms with E-state index in [0.29, 0.717) is 25.2 Å². The van der Waals surface area contributed by atoms with Crippen molar-refractivity contribution in [2.24, 2.45) is 0 Å². The molecule has 1 saturated heterocycles. The first-order chi connectivity index (χ1) is 10.5. The van der Waals surface area contributed by atoms with Crippen LogP contribution in [0.4, 0.5) is 0 Å². The highest BCUT2D eigenvalue weighted by Gasteiger charge is 2.65. The van der Waals surface area contributed by atoms with Crippen LogP contribution in [0.2, 0.25) is 0 Å². The van der Waals surface area contributed by atoms with Gasteiger partial charge >= 0.3 is 0 Å². The lowest BCUT2D eigenvalue weighted by molar-refractivity contribution is -0.149. The van der Waals surface area contributed by atoms with Crippen molar-refractivity contribution in [3.8, 4) is 11.5 Å². The zero-order chi connectivity index (χ0) is 15.5. The Balaban J connectivity index is 1.94. The van der Waals surface area contributed by atoms with Gasteiger partial charge in [-0.2, -0.15) is 0 Å². The van der Waals surface area contributed by atoms with Gasteiger partial charge in [0.25, 0.3) is 0 Å². The molecular formula is C17H21NO4. The molecule has 2 heterocycles. The molecule has 0 saturated carbocycles. The Morgan fingerprint density at radius 1 is 1.50 bits per heavy atom. The van der Waals surface area contributed by atoms with E-state index in [1.54, 1.807) is 6.07 Å². The molecule has 1 fully saturated rings. The zero-order valence-corrected chi connectivity index (χ0v) is 12.7. The summed E-state index contributed by atoms with van der Waals surface area (Å²) < 4.78 is 5.82. The van der Waals surface area contributed by atoms with Crippen molar-refractivity contribution in [2.45, 2.75) is 42.7 Å². The fourth-order valence-corrected chi connectivity index (χ4v) is 4.90. The van der Waals surface area contributed by atoms with Crippen LogP contribution in [0.5, 0.6) is 11.5 Å². The number of aromatic hydroxyl groups is 1. The molecule has 1 spiro atoms. The van der Waals surface area contributed by atoms with E-state index in [-0.39, 0.29) is 11.8 Å². The maximum Gasteiger partial charge on any atom is 0.165 e. The van der Waals surface area contributed by atoms with Gasteiger partial charge in [0, 0.05) is 18.0 Å². The first-order valence-corrected chi connectivity index (χ1v) is 7.88. The minimum atomic E-state index is -0.993. The van der Waals surface area contributed by atoms with Gasteiger partial charge in [0.1, 0.15) is 12.9 Å². The van der Waals surface area contributed by atoms with Crippen molar-refractivity contribution >= 4 is 6.29 Å². The smallest absolute Gasteiger partial charge is 0.165 e. The first kappa shape index (κ1) is 14.0. The summed E-state index contributed by atoms with van der Waals surface area (Å²) in [5, 5.41) is 21.7. The van der Waals surface area contributed by atoms with E-state index in [1.165, 1.54) is 0 Å². The summed E-state index contributed by atoms with van der Waals surface area (Å²) in [4.78, 5) is 13.1. The topological polar surface area (TPSA) is 70.0 Å². The number of nitrogens with zero attached hydrogens (tertiary/aromatic N) is 1. The molecule has 1 aromatic rings. The predicted molar refractivity (Wildman–Crippen MR) is 80.3 cm³/mol. The largest absolute Gasteiger partial charge is 0.504 e. The van der Waals surface area contributed by atoms with E-state index in [9.17, 15) is 15.0 Å². The molecule has 0 amide bonds. The number of hydrogen-bond donors (Lipinski definition) is 2. The Hall–Kier alpha value is -1.59. The second-order valence-electron chi connectivity index (χ2n) is 6.90. The standard InChI is InChI=1S/C17H21NO4/c1-18-7-6-16-10-22-15-12(20)4-3-11(14(15)16)9-13(18)17(16,21)5-2-8-19/h3-4,8,13,20-21H,2,5-7,9-10H2,1H3/t13?,16-,17?/m1/s1. The Kier molecular flexibility index (Phi) is 2.84. The van der Waals surface area contributed by atoms with Crippen LogP contribution in [-0.4, -0.2) is 53.2 Å². The van der Waals surface area contributed by atoms with Gasteiger partial charge in [-0.25, -0.2) is 0 Å². The second-order valence-corrected chi connectivity index (χ2v) is 6.90. The molecule has 2 aliphatic heterocycles. The molecule has 22 heavy (non-hydrogen) atoms. The van der Waals surface area contributed by atoms with Gasteiger partial charge in [-0.05, 0) is 44.5 Å². The molecule has 118 valence electrons. The third-order valence-corrected chi connectivity index (χ3v) is 6.02. The summed E-state index contributed by atoms with van der Waals surface area (Å²) in [6, 6.07) is 3.61. The Labute approximate surface area is 129 Å². The van der Waals surface area contributed by atoms with Gasteiger partial charge in [0.2, 0.25) is 0 Å². The number of benzene rings is 1. The summed E-state index contributed by atoms with van der Waals surface area (Å²) in [7, 11) is 2.03. The summed E-state index contributed by atoms with van der Waals surface area (Å²) >= 11 is 0. The number of fused-ring (bicyclic) bond motifs is 1.